The van der Waals surface area contributed by atoms with Gasteiger partial charge in [-0.25, -0.2) is 0 Å². The van der Waals surface area contributed by atoms with E-state index in [9.17, 15) is 5.11 Å². The van der Waals surface area contributed by atoms with Gasteiger partial charge in [0.1, 0.15) is 0 Å². The molecule has 0 heterocycles. The molecule has 2 nitrogen and oxygen atoms in total. The minimum Gasteiger partial charge on any atom is -0.389 e. The maximum absolute atomic E-state index is 10.5. The molecular formula is C14H22BrNO. The Morgan fingerprint density at radius 3 is 2.41 bits per heavy atom. The minimum atomic E-state index is -0.724. The molecule has 0 amide bonds. The van der Waals surface area contributed by atoms with Crippen molar-refractivity contribution in [3.63, 3.8) is 0 Å². The molecular weight excluding hydrogens is 278 g/mol. The third-order valence-electron chi connectivity index (χ3n) is 3.28. The van der Waals surface area contributed by atoms with Gasteiger partial charge in [-0.1, -0.05) is 41.4 Å². The topological polar surface area (TPSA) is 46.2 Å². The molecule has 0 spiro atoms. The van der Waals surface area contributed by atoms with Crippen LogP contribution >= 0.6 is 15.9 Å². The van der Waals surface area contributed by atoms with E-state index in [1.54, 1.807) is 0 Å². The standard InChI is InChI=1S/C14H22BrNO/c1-3-4-12(10-16)14(2,17)9-11-5-7-13(15)8-6-11/h5-8,12,17H,3-4,9-10,16H2,1-2H3. The van der Waals surface area contributed by atoms with Gasteiger partial charge in [-0.3, -0.25) is 0 Å². The molecule has 0 fully saturated rings. The molecule has 0 saturated heterocycles. The summed E-state index contributed by atoms with van der Waals surface area (Å²) in [6.07, 6.45) is 2.68. The van der Waals surface area contributed by atoms with E-state index in [-0.39, 0.29) is 5.92 Å². The van der Waals surface area contributed by atoms with Gasteiger partial charge < -0.3 is 10.8 Å². The molecule has 17 heavy (non-hydrogen) atoms. The Labute approximate surface area is 112 Å². The second-order valence-electron chi connectivity index (χ2n) is 4.88. The molecule has 3 heteroatoms. The molecule has 1 aromatic carbocycles. The predicted molar refractivity (Wildman–Crippen MR) is 75.9 cm³/mol. The second-order valence-corrected chi connectivity index (χ2v) is 5.80. The second kappa shape index (κ2) is 6.53. The van der Waals surface area contributed by atoms with E-state index in [1.807, 2.05) is 31.2 Å². The predicted octanol–water partition coefficient (Wildman–Crippen LogP) is 3.12. The molecule has 3 N–H and O–H groups in total. The van der Waals surface area contributed by atoms with Crippen molar-refractivity contribution in [3.8, 4) is 0 Å². The maximum atomic E-state index is 10.5. The largest absolute Gasteiger partial charge is 0.389 e. The molecule has 0 aliphatic carbocycles. The van der Waals surface area contributed by atoms with Crippen LogP contribution in [0.25, 0.3) is 0 Å². The Bertz CT molecular complexity index is 335. The quantitative estimate of drug-likeness (QED) is 0.848. The number of benzene rings is 1. The summed E-state index contributed by atoms with van der Waals surface area (Å²) in [5, 5.41) is 10.5. The molecule has 0 aliphatic heterocycles. The molecule has 1 rings (SSSR count). The third kappa shape index (κ3) is 4.41. The fourth-order valence-electron chi connectivity index (χ4n) is 2.19. The van der Waals surface area contributed by atoms with Crippen LogP contribution in [0.5, 0.6) is 0 Å². The van der Waals surface area contributed by atoms with Gasteiger partial charge in [-0.15, -0.1) is 0 Å². The average Bonchev–Trinajstić information content (AvgIpc) is 2.28. The number of hydrogen-bond donors (Lipinski definition) is 2. The van der Waals surface area contributed by atoms with Crippen molar-refractivity contribution in [2.45, 2.75) is 38.7 Å². The van der Waals surface area contributed by atoms with Crippen molar-refractivity contribution >= 4 is 15.9 Å². The van der Waals surface area contributed by atoms with Crippen LogP contribution in [0.2, 0.25) is 0 Å². The summed E-state index contributed by atoms with van der Waals surface area (Å²) in [6, 6.07) is 8.08. The van der Waals surface area contributed by atoms with Crippen LogP contribution < -0.4 is 5.73 Å². The normalized spacial score (nSPS) is 16.5. The van der Waals surface area contributed by atoms with Crippen LogP contribution in [0.4, 0.5) is 0 Å². The van der Waals surface area contributed by atoms with Gasteiger partial charge in [0.15, 0.2) is 0 Å². The van der Waals surface area contributed by atoms with Crippen LogP contribution in [0.1, 0.15) is 32.3 Å². The lowest BCUT2D eigenvalue weighted by molar-refractivity contribution is -0.000984. The van der Waals surface area contributed by atoms with Crippen LogP contribution in [-0.4, -0.2) is 17.3 Å². The van der Waals surface area contributed by atoms with E-state index in [0.717, 1.165) is 22.9 Å². The molecule has 96 valence electrons. The van der Waals surface area contributed by atoms with Crippen molar-refractivity contribution in [2.75, 3.05) is 6.54 Å². The lowest BCUT2D eigenvalue weighted by Gasteiger charge is -2.32. The van der Waals surface area contributed by atoms with Crippen LogP contribution in [0.15, 0.2) is 28.7 Å². The van der Waals surface area contributed by atoms with E-state index in [0.29, 0.717) is 13.0 Å². The summed E-state index contributed by atoms with van der Waals surface area (Å²) in [5.41, 5.74) is 6.18. The van der Waals surface area contributed by atoms with E-state index < -0.39 is 5.60 Å². The Morgan fingerprint density at radius 1 is 1.35 bits per heavy atom. The highest BCUT2D eigenvalue weighted by Crippen LogP contribution is 2.26. The first-order valence-electron chi connectivity index (χ1n) is 6.16. The molecule has 0 bridgehead atoms. The van der Waals surface area contributed by atoms with Gasteiger partial charge in [0.25, 0.3) is 0 Å². The number of halogens is 1. The van der Waals surface area contributed by atoms with Crippen molar-refractivity contribution in [2.24, 2.45) is 11.7 Å². The van der Waals surface area contributed by atoms with Gasteiger partial charge >= 0.3 is 0 Å². The van der Waals surface area contributed by atoms with Gasteiger partial charge in [0.2, 0.25) is 0 Å². The first kappa shape index (κ1) is 14.7. The fraction of sp³-hybridized carbons (Fsp3) is 0.571. The molecule has 2 unspecified atom stereocenters. The number of nitrogens with two attached hydrogens (primary N) is 1. The maximum Gasteiger partial charge on any atom is 0.0699 e. The molecule has 0 radical (unpaired) electrons. The zero-order chi connectivity index (χ0) is 12.9. The first-order valence-corrected chi connectivity index (χ1v) is 6.95. The molecule has 1 aromatic rings. The minimum absolute atomic E-state index is 0.163. The summed E-state index contributed by atoms with van der Waals surface area (Å²) >= 11 is 3.41. The third-order valence-corrected chi connectivity index (χ3v) is 3.81. The molecule has 0 saturated carbocycles. The van der Waals surface area contributed by atoms with E-state index in [1.165, 1.54) is 0 Å². The highest BCUT2D eigenvalue weighted by Gasteiger charge is 2.30. The highest BCUT2D eigenvalue weighted by atomic mass is 79.9. The van der Waals surface area contributed by atoms with Gasteiger partial charge in [0.05, 0.1) is 5.60 Å². The van der Waals surface area contributed by atoms with Crippen molar-refractivity contribution in [3.05, 3.63) is 34.3 Å². The van der Waals surface area contributed by atoms with Crippen LogP contribution in [-0.2, 0) is 6.42 Å². The average molecular weight is 300 g/mol. The van der Waals surface area contributed by atoms with Crippen LogP contribution in [0.3, 0.4) is 0 Å². The monoisotopic (exact) mass is 299 g/mol. The fourth-order valence-corrected chi connectivity index (χ4v) is 2.46. The summed E-state index contributed by atoms with van der Waals surface area (Å²) in [7, 11) is 0. The van der Waals surface area contributed by atoms with E-state index in [2.05, 4.69) is 22.9 Å². The lowest BCUT2D eigenvalue weighted by atomic mass is 9.81. The SMILES string of the molecule is CCCC(CN)C(C)(O)Cc1ccc(Br)cc1. The molecule has 0 aliphatic rings. The van der Waals surface area contributed by atoms with E-state index in [4.69, 9.17) is 5.73 Å². The number of hydrogen-bond acceptors (Lipinski definition) is 2. The first-order chi connectivity index (χ1) is 7.99. The smallest absolute Gasteiger partial charge is 0.0699 e. The van der Waals surface area contributed by atoms with Crippen molar-refractivity contribution in [1.82, 2.24) is 0 Å². The van der Waals surface area contributed by atoms with Gasteiger partial charge in [0, 0.05) is 10.9 Å². The molecule has 2 atom stereocenters. The zero-order valence-electron chi connectivity index (χ0n) is 10.6. The highest BCUT2D eigenvalue weighted by molar-refractivity contribution is 9.10. The van der Waals surface area contributed by atoms with Gasteiger partial charge in [-0.05, 0) is 43.5 Å². The number of rotatable bonds is 6. The summed E-state index contributed by atoms with van der Waals surface area (Å²) in [5.74, 6) is 0.163. The summed E-state index contributed by atoms with van der Waals surface area (Å²) < 4.78 is 1.06. The lowest BCUT2D eigenvalue weighted by Crippen LogP contribution is -2.41. The van der Waals surface area contributed by atoms with Crippen molar-refractivity contribution < 1.29 is 5.11 Å². The zero-order valence-corrected chi connectivity index (χ0v) is 12.2. The molecule has 0 aromatic heterocycles. The number of aliphatic hydroxyl groups is 1. The Kier molecular flexibility index (Phi) is 5.63. The van der Waals surface area contributed by atoms with Crippen molar-refractivity contribution in [1.29, 1.82) is 0 Å². The summed E-state index contributed by atoms with van der Waals surface area (Å²) in [6.45, 7) is 4.55. The van der Waals surface area contributed by atoms with Gasteiger partial charge in [-0.2, -0.15) is 0 Å². The summed E-state index contributed by atoms with van der Waals surface area (Å²) in [4.78, 5) is 0. The Morgan fingerprint density at radius 2 is 1.94 bits per heavy atom. The Hall–Kier alpha value is -0.380. The van der Waals surface area contributed by atoms with E-state index >= 15 is 0 Å². The van der Waals surface area contributed by atoms with Crippen LogP contribution in [0, 0.1) is 5.92 Å². The Balaban J connectivity index is 2.73.